The van der Waals surface area contributed by atoms with Gasteiger partial charge in [0.05, 0.1) is 0 Å². The topological polar surface area (TPSA) is 43.9 Å². The van der Waals surface area contributed by atoms with Crippen molar-refractivity contribution in [2.45, 2.75) is 51.0 Å². The van der Waals surface area contributed by atoms with Crippen LogP contribution in [0.15, 0.2) is 60.7 Å². The third-order valence-electron chi connectivity index (χ3n) is 8.46. The number of rotatable bonds is 5. The second-order valence-electron chi connectivity index (χ2n) is 10.7. The average Bonchev–Trinajstić information content (AvgIpc) is 2.94. The second-order valence-corrected chi connectivity index (χ2v) is 10.7. The molecule has 5 heteroatoms. The van der Waals surface area contributed by atoms with Crippen LogP contribution >= 0.6 is 0 Å². The molecule has 3 fully saturated rings. The highest BCUT2D eigenvalue weighted by atomic mass is 16.2. The highest BCUT2D eigenvalue weighted by Crippen LogP contribution is 2.28. The van der Waals surface area contributed by atoms with E-state index in [1.165, 1.54) is 5.56 Å². The first-order valence-electron chi connectivity index (χ1n) is 13.6. The van der Waals surface area contributed by atoms with Crippen LogP contribution in [0.1, 0.15) is 54.4 Å². The number of piperidine rings is 3. The lowest BCUT2D eigenvalue weighted by atomic mass is 9.88. The first-order chi connectivity index (χ1) is 17.2. The van der Waals surface area contributed by atoms with Gasteiger partial charge in [0.15, 0.2) is 0 Å². The van der Waals surface area contributed by atoms with E-state index in [2.05, 4.69) is 40.1 Å². The molecule has 0 unspecified atom stereocenters. The molecule has 3 heterocycles. The van der Waals surface area contributed by atoms with Crippen molar-refractivity contribution in [2.75, 3.05) is 39.3 Å². The third-order valence-corrected chi connectivity index (χ3v) is 8.46. The van der Waals surface area contributed by atoms with Gasteiger partial charge in [0.2, 0.25) is 5.91 Å². The minimum absolute atomic E-state index is 0.154. The normalized spacial score (nSPS) is 21.3. The molecule has 35 heavy (non-hydrogen) atoms. The summed E-state index contributed by atoms with van der Waals surface area (Å²) in [5, 5.41) is 0. The van der Waals surface area contributed by atoms with Crippen molar-refractivity contribution in [3.8, 4) is 0 Å². The third kappa shape index (κ3) is 5.95. The zero-order chi connectivity index (χ0) is 24.0. The van der Waals surface area contributed by atoms with E-state index in [9.17, 15) is 9.59 Å². The summed E-state index contributed by atoms with van der Waals surface area (Å²) in [6.45, 7) is 5.52. The van der Waals surface area contributed by atoms with E-state index in [4.69, 9.17) is 0 Å². The van der Waals surface area contributed by atoms with Crippen molar-refractivity contribution in [1.29, 1.82) is 0 Å². The first kappa shape index (κ1) is 24.1. The van der Waals surface area contributed by atoms with E-state index < -0.39 is 0 Å². The van der Waals surface area contributed by atoms with Crippen LogP contribution in [0.5, 0.6) is 0 Å². The molecule has 0 spiro atoms. The van der Waals surface area contributed by atoms with Gasteiger partial charge >= 0.3 is 0 Å². The minimum atomic E-state index is 0.154. The SMILES string of the molecule is O=C(c1ccccc1)N1CCC(N2CCC(C(=O)N3CCC(Cc4ccccc4)CC3)CC2)CC1. The molecule has 0 saturated carbocycles. The van der Waals surface area contributed by atoms with Crippen molar-refractivity contribution in [3.05, 3.63) is 71.8 Å². The van der Waals surface area contributed by atoms with E-state index in [0.29, 0.717) is 17.9 Å². The second kappa shape index (κ2) is 11.4. The van der Waals surface area contributed by atoms with Crippen molar-refractivity contribution < 1.29 is 9.59 Å². The molecule has 5 rings (SSSR count). The molecule has 186 valence electrons. The Bertz CT molecular complexity index is 956. The molecule has 0 aromatic heterocycles. The van der Waals surface area contributed by atoms with Crippen molar-refractivity contribution in [3.63, 3.8) is 0 Å². The number of benzene rings is 2. The van der Waals surface area contributed by atoms with Crippen molar-refractivity contribution >= 4 is 11.8 Å². The van der Waals surface area contributed by atoms with Gasteiger partial charge in [-0.25, -0.2) is 0 Å². The van der Waals surface area contributed by atoms with Gasteiger partial charge in [-0.1, -0.05) is 48.5 Å². The molecule has 0 radical (unpaired) electrons. The van der Waals surface area contributed by atoms with E-state index in [1.807, 2.05) is 35.2 Å². The molecule has 0 bridgehead atoms. The Labute approximate surface area is 210 Å². The minimum Gasteiger partial charge on any atom is -0.342 e. The van der Waals surface area contributed by atoms with Crippen LogP contribution in [0.2, 0.25) is 0 Å². The Morgan fingerprint density at radius 1 is 0.657 bits per heavy atom. The summed E-state index contributed by atoms with van der Waals surface area (Å²) in [5.41, 5.74) is 2.20. The number of likely N-dealkylation sites (tertiary alicyclic amines) is 3. The molecule has 0 atom stereocenters. The van der Waals surface area contributed by atoms with Crippen LogP contribution in [0, 0.1) is 11.8 Å². The molecule has 3 aliphatic heterocycles. The van der Waals surface area contributed by atoms with Crippen LogP contribution in [0.3, 0.4) is 0 Å². The molecule has 0 N–H and O–H groups in total. The van der Waals surface area contributed by atoms with E-state index in [0.717, 1.165) is 89.8 Å². The smallest absolute Gasteiger partial charge is 0.253 e. The van der Waals surface area contributed by atoms with Crippen LogP contribution in [0.4, 0.5) is 0 Å². The van der Waals surface area contributed by atoms with Crippen molar-refractivity contribution in [2.24, 2.45) is 11.8 Å². The Morgan fingerprint density at radius 3 is 1.86 bits per heavy atom. The largest absolute Gasteiger partial charge is 0.342 e. The standard InChI is InChI=1S/C30H39N3O2/c34-29(26-9-5-2-6-10-26)33-21-15-28(16-22-33)31-19-13-27(14-20-31)30(35)32-17-11-25(12-18-32)23-24-7-3-1-4-8-24/h1-10,25,27-28H,11-23H2. The number of nitrogens with zero attached hydrogens (tertiary/aromatic N) is 3. The lowest BCUT2D eigenvalue weighted by molar-refractivity contribution is -0.138. The Hall–Kier alpha value is -2.66. The van der Waals surface area contributed by atoms with Crippen LogP contribution in [0.25, 0.3) is 0 Å². The van der Waals surface area contributed by atoms with Gasteiger partial charge in [0, 0.05) is 43.7 Å². The number of carbonyl (C=O) groups is 2. The van der Waals surface area contributed by atoms with Crippen LogP contribution < -0.4 is 0 Å². The fourth-order valence-electron chi connectivity index (χ4n) is 6.27. The highest BCUT2D eigenvalue weighted by Gasteiger charge is 2.34. The monoisotopic (exact) mass is 473 g/mol. The molecule has 2 amide bonds. The van der Waals surface area contributed by atoms with Gasteiger partial charge in [-0.15, -0.1) is 0 Å². The first-order valence-corrected chi connectivity index (χ1v) is 13.6. The fraction of sp³-hybridized carbons (Fsp3) is 0.533. The summed E-state index contributed by atoms with van der Waals surface area (Å²) < 4.78 is 0. The van der Waals surface area contributed by atoms with Gasteiger partial charge < -0.3 is 14.7 Å². The average molecular weight is 474 g/mol. The van der Waals surface area contributed by atoms with Gasteiger partial charge in [0.1, 0.15) is 0 Å². The summed E-state index contributed by atoms with van der Waals surface area (Å²) >= 11 is 0. The molecule has 3 saturated heterocycles. The number of amides is 2. The van der Waals surface area contributed by atoms with Crippen LogP contribution in [-0.4, -0.2) is 71.8 Å². The molecule has 5 nitrogen and oxygen atoms in total. The van der Waals surface area contributed by atoms with Crippen LogP contribution in [-0.2, 0) is 11.2 Å². The maximum Gasteiger partial charge on any atom is 0.253 e. The van der Waals surface area contributed by atoms with E-state index in [1.54, 1.807) is 0 Å². The Morgan fingerprint density at radius 2 is 1.23 bits per heavy atom. The Kier molecular flexibility index (Phi) is 7.82. The summed E-state index contributed by atoms with van der Waals surface area (Å²) in [4.78, 5) is 32.7. The van der Waals surface area contributed by atoms with E-state index in [-0.39, 0.29) is 11.8 Å². The number of hydrogen-bond acceptors (Lipinski definition) is 3. The molecular formula is C30H39N3O2. The maximum atomic E-state index is 13.2. The fourth-order valence-corrected chi connectivity index (χ4v) is 6.27. The van der Waals surface area contributed by atoms with Gasteiger partial charge in [0.25, 0.3) is 5.91 Å². The number of hydrogen-bond donors (Lipinski definition) is 0. The van der Waals surface area contributed by atoms with E-state index >= 15 is 0 Å². The summed E-state index contributed by atoms with van der Waals surface area (Å²) in [5.74, 6) is 1.44. The zero-order valence-corrected chi connectivity index (χ0v) is 20.9. The van der Waals surface area contributed by atoms with Crippen molar-refractivity contribution in [1.82, 2.24) is 14.7 Å². The Balaban J connectivity index is 1.03. The zero-order valence-electron chi connectivity index (χ0n) is 20.9. The highest BCUT2D eigenvalue weighted by molar-refractivity contribution is 5.94. The predicted molar refractivity (Wildman–Crippen MR) is 139 cm³/mol. The van der Waals surface area contributed by atoms with Gasteiger partial charge in [-0.05, 0) is 81.6 Å². The molecule has 3 aliphatic rings. The summed E-state index contributed by atoms with van der Waals surface area (Å²) in [6, 6.07) is 20.9. The lowest BCUT2D eigenvalue weighted by Gasteiger charge is -2.42. The quantitative estimate of drug-likeness (QED) is 0.643. The predicted octanol–water partition coefficient (Wildman–Crippen LogP) is 4.48. The van der Waals surface area contributed by atoms with Gasteiger partial charge in [-0.3, -0.25) is 9.59 Å². The lowest BCUT2D eigenvalue weighted by Crippen LogP contribution is -2.51. The molecule has 2 aromatic rings. The molecule has 2 aromatic carbocycles. The molecule has 0 aliphatic carbocycles. The maximum absolute atomic E-state index is 13.2. The van der Waals surface area contributed by atoms with Gasteiger partial charge in [-0.2, -0.15) is 0 Å². The molecular weight excluding hydrogens is 434 g/mol. The number of carbonyl (C=O) groups excluding carboxylic acids is 2. The summed E-state index contributed by atoms with van der Waals surface area (Å²) in [6.07, 6.45) is 7.41. The summed E-state index contributed by atoms with van der Waals surface area (Å²) in [7, 11) is 0.